The molecule has 4 nitrogen and oxygen atoms in total. The van der Waals surface area contributed by atoms with Crippen molar-refractivity contribution < 1.29 is 9.53 Å². The zero-order chi connectivity index (χ0) is 18.4. The van der Waals surface area contributed by atoms with Crippen molar-refractivity contribution in [2.45, 2.75) is 6.92 Å². The fraction of sp³-hybridized carbons (Fsp3) is 0.0476. The van der Waals surface area contributed by atoms with Crippen molar-refractivity contribution in [3.8, 4) is 11.5 Å². The van der Waals surface area contributed by atoms with Gasteiger partial charge in [0.1, 0.15) is 5.75 Å². The van der Waals surface area contributed by atoms with Crippen molar-refractivity contribution in [3.05, 3.63) is 84.4 Å². The molecule has 26 heavy (non-hydrogen) atoms. The quantitative estimate of drug-likeness (QED) is 0.464. The molecule has 3 aromatic rings. The first-order chi connectivity index (χ1) is 12.6. The Morgan fingerprint density at radius 2 is 1.50 bits per heavy atom. The van der Waals surface area contributed by atoms with Gasteiger partial charge in [0, 0.05) is 11.3 Å². The summed E-state index contributed by atoms with van der Waals surface area (Å²) in [7, 11) is 0. The van der Waals surface area contributed by atoms with E-state index in [1.165, 1.54) is 6.92 Å². The van der Waals surface area contributed by atoms with Gasteiger partial charge < -0.3 is 15.4 Å². The first kappa shape index (κ1) is 17.6. The maximum absolute atomic E-state index is 11.3. The van der Waals surface area contributed by atoms with Crippen LogP contribution in [-0.4, -0.2) is 10.9 Å². The molecule has 130 valence electrons. The van der Waals surface area contributed by atoms with Crippen LogP contribution in [0.2, 0.25) is 0 Å². The molecule has 0 aliphatic heterocycles. The number of anilines is 2. The van der Waals surface area contributed by atoms with E-state index in [0.717, 1.165) is 17.1 Å². The van der Waals surface area contributed by atoms with Crippen molar-refractivity contribution in [1.29, 1.82) is 0 Å². The Labute approximate surface area is 157 Å². The second-order valence-corrected chi connectivity index (χ2v) is 6.03. The van der Waals surface area contributed by atoms with Gasteiger partial charge in [0.05, 0.1) is 5.69 Å². The Morgan fingerprint density at radius 1 is 0.846 bits per heavy atom. The van der Waals surface area contributed by atoms with Crippen LogP contribution in [0.5, 0.6) is 11.5 Å². The fourth-order valence-corrected chi connectivity index (χ4v) is 2.58. The minimum atomic E-state index is 0.0317. The summed E-state index contributed by atoms with van der Waals surface area (Å²) in [6, 6.07) is 24.3. The van der Waals surface area contributed by atoms with Crippen LogP contribution in [0.1, 0.15) is 17.3 Å². The number of ketones is 1. The van der Waals surface area contributed by atoms with Crippen LogP contribution in [0.15, 0.2) is 78.9 Å². The normalized spacial score (nSPS) is 10.0. The second kappa shape index (κ2) is 8.27. The van der Waals surface area contributed by atoms with Gasteiger partial charge >= 0.3 is 0 Å². The van der Waals surface area contributed by atoms with Crippen molar-refractivity contribution in [2.75, 3.05) is 10.6 Å². The van der Waals surface area contributed by atoms with Gasteiger partial charge in [-0.25, -0.2) is 0 Å². The number of hydrogen-bond donors (Lipinski definition) is 2. The van der Waals surface area contributed by atoms with Crippen LogP contribution < -0.4 is 15.4 Å². The maximum atomic E-state index is 11.3. The van der Waals surface area contributed by atoms with Crippen molar-refractivity contribution in [2.24, 2.45) is 0 Å². The van der Waals surface area contributed by atoms with Crippen LogP contribution in [-0.2, 0) is 0 Å². The molecule has 0 bridgehead atoms. The van der Waals surface area contributed by atoms with Crippen LogP contribution >= 0.6 is 12.2 Å². The van der Waals surface area contributed by atoms with Gasteiger partial charge in [0.25, 0.3) is 0 Å². The Morgan fingerprint density at radius 3 is 2.19 bits per heavy atom. The second-order valence-electron chi connectivity index (χ2n) is 5.62. The van der Waals surface area contributed by atoms with E-state index in [2.05, 4.69) is 10.6 Å². The Bertz CT molecular complexity index is 909. The third kappa shape index (κ3) is 4.68. The first-order valence-corrected chi connectivity index (χ1v) is 8.53. The van der Waals surface area contributed by atoms with Gasteiger partial charge in [-0.3, -0.25) is 4.79 Å². The minimum Gasteiger partial charge on any atom is -0.455 e. The highest BCUT2D eigenvalue weighted by molar-refractivity contribution is 7.80. The van der Waals surface area contributed by atoms with Gasteiger partial charge in [-0.05, 0) is 67.7 Å². The molecule has 0 unspecified atom stereocenters. The van der Waals surface area contributed by atoms with E-state index in [0.29, 0.717) is 16.4 Å². The van der Waals surface area contributed by atoms with Gasteiger partial charge in [-0.2, -0.15) is 0 Å². The van der Waals surface area contributed by atoms with Gasteiger partial charge in [0.2, 0.25) is 0 Å². The number of carbonyl (C=O) groups is 1. The van der Waals surface area contributed by atoms with Crippen LogP contribution in [0.25, 0.3) is 0 Å². The number of thiocarbonyl (C=S) groups is 1. The molecule has 0 heterocycles. The lowest BCUT2D eigenvalue weighted by molar-refractivity contribution is 0.101. The predicted molar refractivity (Wildman–Crippen MR) is 109 cm³/mol. The number of benzene rings is 3. The smallest absolute Gasteiger partial charge is 0.175 e. The molecule has 0 aromatic heterocycles. The summed E-state index contributed by atoms with van der Waals surface area (Å²) in [4.78, 5) is 11.3. The Hall–Kier alpha value is -3.18. The largest absolute Gasteiger partial charge is 0.455 e. The van der Waals surface area contributed by atoms with Crippen LogP contribution in [0, 0.1) is 0 Å². The molecule has 5 heteroatoms. The molecular weight excluding hydrogens is 344 g/mol. The van der Waals surface area contributed by atoms with E-state index in [4.69, 9.17) is 17.0 Å². The van der Waals surface area contributed by atoms with E-state index in [1.54, 1.807) is 12.1 Å². The molecule has 0 atom stereocenters. The van der Waals surface area contributed by atoms with E-state index in [9.17, 15) is 4.79 Å². The summed E-state index contributed by atoms with van der Waals surface area (Å²) in [6.07, 6.45) is 0. The molecule has 3 aromatic carbocycles. The molecule has 0 fully saturated rings. The molecule has 0 aliphatic rings. The topological polar surface area (TPSA) is 50.4 Å². The average molecular weight is 362 g/mol. The van der Waals surface area contributed by atoms with Gasteiger partial charge in [-0.1, -0.05) is 30.3 Å². The number of carbonyl (C=O) groups excluding carboxylic acids is 1. The van der Waals surface area contributed by atoms with Gasteiger partial charge in [-0.15, -0.1) is 0 Å². The fourth-order valence-electron chi connectivity index (χ4n) is 2.35. The molecule has 0 saturated carbocycles. The van der Waals surface area contributed by atoms with Crippen molar-refractivity contribution in [1.82, 2.24) is 0 Å². The lowest BCUT2D eigenvalue weighted by Crippen LogP contribution is -2.19. The average Bonchev–Trinajstić information content (AvgIpc) is 2.64. The molecular formula is C21H18N2O2S. The number of rotatable bonds is 5. The highest BCUT2D eigenvalue weighted by Crippen LogP contribution is 2.29. The van der Waals surface area contributed by atoms with E-state index in [1.807, 2.05) is 66.7 Å². The lowest BCUT2D eigenvalue weighted by Gasteiger charge is -2.14. The number of Topliss-reactive ketones (excluding diaryl/α,β-unsaturated/α-hetero) is 1. The summed E-state index contributed by atoms with van der Waals surface area (Å²) >= 11 is 5.38. The molecule has 0 amide bonds. The van der Waals surface area contributed by atoms with E-state index >= 15 is 0 Å². The molecule has 2 N–H and O–H groups in total. The summed E-state index contributed by atoms with van der Waals surface area (Å²) in [5.41, 5.74) is 2.22. The Kier molecular flexibility index (Phi) is 5.61. The molecule has 0 radical (unpaired) electrons. The first-order valence-electron chi connectivity index (χ1n) is 8.13. The standard InChI is InChI=1S/C21H18N2O2S/c1-15(24)16-11-13-17(14-12-16)22-21(26)23-19-9-5-6-10-20(19)25-18-7-3-2-4-8-18/h2-14H,1H3,(H2,22,23,26). The molecule has 0 aliphatic carbocycles. The molecule has 0 saturated heterocycles. The zero-order valence-electron chi connectivity index (χ0n) is 14.2. The van der Waals surface area contributed by atoms with E-state index in [-0.39, 0.29) is 5.78 Å². The third-order valence-corrected chi connectivity index (χ3v) is 3.86. The number of para-hydroxylation sites is 3. The summed E-state index contributed by atoms with van der Waals surface area (Å²) in [5, 5.41) is 6.68. The van der Waals surface area contributed by atoms with E-state index < -0.39 is 0 Å². The number of ether oxygens (including phenoxy) is 1. The monoisotopic (exact) mass is 362 g/mol. The van der Waals surface area contributed by atoms with Crippen molar-refractivity contribution in [3.63, 3.8) is 0 Å². The van der Waals surface area contributed by atoms with Crippen LogP contribution in [0.3, 0.4) is 0 Å². The summed E-state index contributed by atoms with van der Waals surface area (Å²) in [5.74, 6) is 1.46. The molecule has 3 rings (SSSR count). The van der Waals surface area contributed by atoms with Crippen LogP contribution in [0.4, 0.5) is 11.4 Å². The minimum absolute atomic E-state index is 0.0317. The zero-order valence-corrected chi connectivity index (χ0v) is 15.0. The number of nitrogens with one attached hydrogen (secondary N) is 2. The Balaban J connectivity index is 1.68. The SMILES string of the molecule is CC(=O)c1ccc(NC(=S)Nc2ccccc2Oc2ccccc2)cc1. The summed E-state index contributed by atoms with van der Waals surface area (Å²) in [6.45, 7) is 1.54. The molecule has 0 spiro atoms. The third-order valence-electron chi connectivity index (χ3n) is 3.66. The summed E-state index contributed by atoms with van der Waals surface area (Å²) < 4.78 is 5.92. The van der Waals surface area contributed by atoms with Gasteiger partial charge in [0.15, 0.2) is 16.6 Å². The highest BCUT2D eigenvalue weighted by Gasteiger charge is 2.07. The maximum Gasteiger partial charge on any atom is 0.175 e. The highest BCUT2D eigenvalue weighted by atomic mass is 32.1. The number of hydrogen-bond acceptors (Lipinski definition) is 3. The predicted octanol–water partition coefficient (Wildman–Crippen LogP) is 5.49. The van der Waals surface area contributed by atoms with Crippen molar-refractivity contribution >= 4 is 34.5 Å². The lowest BCUT2D eigenvalue weighted by atomic mass is 10.1.